The lowest BCUT2D eigenvalue weighted by atomic mass is 9.94. The minimum absolute atomic E-state index is 0. The zero-order chi connectivity index (χ0) is 22.1. The summed E-state index contributed by atoms with van der Waals surface area (Å²) in [6, 6.07) is 8.21. The number of likely N-dealkylation sites (tertiary alicyclic amines) is 1. The van der Waals surface area contributed by atoms with E-state index in [1.165, 1.54) is 25.9 Å². The number of benzene rings is 1. The molecule has 2 N–H and O–H groups in total. The van der Waals surface area contributed by atoms with Crippen molar-refractivity contribution in [3.8, 4) is 10.6 Å². The van der Waals surface area contributed by atoms with E-state index >= 15 is 0 Å². The van der Waals surface area contributed by atoms with Crippen molar-refractivity contribution in [1.82, 2.24) is 20.2 Å². The van der Waals surface area contributed by atoms with Gasteiger partial charge in [-0.2, -0.15) is 0 Å². The van der Waals surface area contributed by atoms with E-state index in [4.69, 9.17) is 16.6 Å². The number of amides is 1. The normalized spacial score (nSPS) is 16.5. The summed E-state index contributed by atoms with van der Waals surface area (Å²) >= 11 is 8.08. The highest BCUT2D eigenvalue weighted by Crippen LogP contribution is 2.37. The number of carbonyl (C=O) groups excluding carboxylic acids is 1. The molecule has 184 valence electrons. The van der Waals surface area contributed by atoms with E-state index in [0.29, 0.717) is 28.3 Å². The van der Waals surface area contributed by atoms with E-state index in [2.05, 4.69) is 27.6 Å². The fourth-order valence-electron chi connectivity index (χ4n) is 4.23. The third-order valence-electron chi connectivity index (χ3n) is 6.37. The topological polar surface area (TPSA) is 70.2 Å². The number of rotatable bonds is 7. The molecule has 1 aliphatic carbocycles. The molecule has 0 bridgehead atoms. The van der Waals surface area contributed by atoms with Gasteiger partial charge in [-0.1, -0.05) is 17.7 Å². The van der Waals surface area contributed by atoms with Crippen molar-refractivity contribution in [2.75, 3.05) is 32.0 Å². The van der Waals surface area contributed by atoms with Gasteiger partial charge in [0, 0.05) is 28.2 Å². The Labute approximate surface area is 221 Å². The van der Waals surface area contributed by atoms with E-state index < -0.39 is 0 Å². The van der Waals surface area contributed by atoms with Gasteiger partial charge >= 0.3 is 0 Å². The highest BCUT2D eigenvalue weighted by atomic mass is 35.5. The van der Waals surface area contributed by atoms with Gasteiger partial charge in [0.05, 0.1) is 16.1 Å². The molecule has 0 atom stereocenters. The maximum atomic E-state index is 12.7. The van der Waals surface area contributed by atoms with Crippen LogP contribution in [0.15, 0.2) is 30.5 Å². The lowest BCUT2D eigenvalue weighted by molar-refractivity contribution is 0.0953. The van der Waals surface area contributed by atoms with Crippen molar-refractivity contribution in [2.24, 2.45) is 5.92 Å². The summed E-state index contributed by atoms with van der Waals surface area (Å²) in [6.45, 7) is 3.21. The van der Waals surface area contributed by atoms with Crippen LogP contribution < -0.4 is 10.6 Å². The number of carbonyl (C=O) groups is 1. The molecule has 34 heavy (non-hydrogen) atoms. The van der Waals surface area contributed by atoms with Crippen LogP contribution in [0.25, 0.3) is 20.7 Å². The molecular weight excluding hydrogens is 513 g/mol. The van der Waals surface area contributed by atoms with Crippen molar-refractivity contribution in [3.05, 3.63) is 41.0 Å². The minimum atomic E-state index is -0.00695. The third-order valence-corrected chi connectivity index (χ3v) is 7.75. The monoisotopic (exact) mass is 541 g/mol. The summed E-state index contributed by atoms with van der Waals surface area (Å²) in [5.74, 6) is 1.35. The van der Waals surface area contributed by atoms with Gasteiger partial charge in [-0.3, -0.25) is 4.79 Å². The SMILES string of the molecule is CN1CCC(CCNc2ncc(Cl)c(-c3cc4c(C(=O)NC5CC5)cccc4s3)n2)CC1.Cl.Cl. The molecule has 1 aliphatic heterocycles. The minimum Gasteiger partial charge on any atom is -0.354 e. The average Bonchev–Trinajstić information content (AvgIpc) is 3.50. The Morgan fingerprint density at radius 1 is 1.21 bits per heavy atom. The van der Waals surface area contributed by atoms with Crippen molar-refractivity contribution in [2.45, 2.75) is 38.1 Å². The molecular formula is C24H30Cl3N5OS. The number of thiophene rings is 1. The van der Waals surface area contributed by atoms with Gasteiger partial charge in [0.2, 0.25) is 5.95 Å². The molecule has 3 aromatic rings. The standard InChI is InChI=1S/C24H28ClN5OS.2ClH/c1-30-11-8-15(9-12-30)7-10-26-24-27-14-19(25)22(29-24)21-13-18-17(3-2-4-20(18)32-21)23(31)28-16-5-6-16;;/h2-4,13-16H,5-12H2,1H3,(H,28,31)(H,26,27,29);2*1H. The van der Waals surface area contributed by atoms with Gasteiger partial charge in [0.1, 0.15) is 5.69 Å². The molecule has 2 aliphatic rings. The summed E-state index contributed by atoms with van der Waals surface area (Å²) in [5, 5.41) is 7.92. The van der Waals surface area contributed by atoms with Crippen LogP contribution in [0.4, 0.5) is 5.95 Å². The Kier molecular flexibility index (Phi) is 9.41. The number of aromatic nitrogens is 2. The number of hydrogen-bond donors (Lipinski definition) is 2. The molecule has 10 heteroatoms. The van der Waals surface area contributed by atoms with Crippen LogP contribution in [-0.4, -0.2) is 53.5 Å². The van der Waals surface area contributed by atoms with Crippen LogP contribution in [0.3, 0.4) is 0 Å². The Morgan fingerprint density at radius 2 is 1.97 bits per heavy atom. The molecule has 1 saturated carbocycles. The Bertz CT molecular complexity index is 1130. The van der Waals surface area contributed by atoms with Crippen molar-refractivity contribution >= 4 is 69.7 Å². The van der Waals surface area contributed by atoms with Crippen LogP contribution >= 0.6 is 47.8 Å². The predicted octanol–water partition coefficient (Wildman–Crippen LogP) is 5.89. The van der Waals surface area contributed by atoms with Gasteiger partial charge in [0.25, 0.3) is 5.91 Å². The fraction of sp³-hybridized carbons (Fsp3) is 0.458. The van der Waals surface area contributed by atoms with Crippen LogP contribution in [0, 0.1) is 5.92 Å². The van der Waals surface area contributed by atoms with Gasteiger partial charge < -0.3 is 15.5 Å². The van der Waals surface area contributed by atoms with Crippen molar-refractivity contribution in [1.29, 1.82) is 0 Å². The van der Waals surface area contributed by atoms with Crippen molar-refractivity contribution < 1.29 is 4.79 Å². The number of piperidine rings is 1. The van der Waals surface area contributed by atoms with E-state index in [1.807, 2.05) is 24.3 Å². The predicted molar refractivity (Wildman–Crippen MR) is 146 cm³/mol. The summed E-state index contributed by atoms with van der Waals surface area (Å²) in [6.07, 6.45) is 7.43. The van der Waals surface area contributed by atoms with Gasteiger partial charge in [0.15, 0.2) is 0 Å². The number of anilines is 1. The van der Waals surface area contributed by atoms with E-state index in [1.54, 1.807) is 17.5 Å². The number of fused-ring (bicyclic) bond motifs is 1. The smallest absolute Gasteiger partial charge is 0.252 e. The molecule has 6 nitrogen and oxygen atoms in total. The first-order valence-electron chi connectivity index (χ1n) is 11.4. The second kappa shape index (κ2) is 11.9. The second-order valence-corrected chi connectivity index (χ2v) is 10.4. The molecule has 2 fully saturated rings. The summed E-state index contributed by atoms with van der Waals surface area (Å²) in [5.41, 5.74) is 1.41. The number of hydrogen-bond acceptors (Lipinski definition) is 6. The molecule has 1 saturated heterocycles. The molecule has 3 heterocycles. The molecule has 2 aromatic heterocycles. The maximum absolute atomic E-state index is 12.7. The molecule has 0 radical (unpaired) electrons. The van der Waals surface area contributed by atoms with Crippen molar-refractivity contribution in [3.63, 3.8) is 0 Å². The molecule has 1 aromatic carbocycles. The first-order chi connectivity index (χ1) is 15.6. The van der Waals surface area contributed by atoms with Gasteiger partial charge in [-0.25, -0.2) is 9.97 Å². The van der Waals surface area contributed by atoms with Crippen LogP contribution in [0.5, 0.6) is 0 Å². The highest BCUT2D eigenvalue weighted by Gasteiger charge is 2.25. The third kappa shape index (κ3) is 6.32. The van der Waals surface area contributed by atoms with Gasteiger partial charge in [-0.05, 0) is 76.4 Å². The van der Waals surface area contributed by atoms with E-state index in [-0.39, 0.29) is 30.7 Å². The maximum Gasteiger partial charge on any atom is 0.252 e. The second-order valence-electron chi connectivity index (χ2n) is 8.93. The summed E-state index contributed by atoms with van der Waals surface area (Å²) in [7, 11) is 2.19. The van der Waals surface area contributed by atoms with Crippen LogP contribution in [-0.2, 0) is 0 Å². The van der Waals surface area contributed by atoms with Gasteiger partial charge in [-0.15, -0.1) is 36.2 Å². The molecule has 5 rings (SSSR count). The molecule has 0 unspecified atom stereocenters. The zero-order valence-electron chi connectivity index (χ0n) is 19.1. The average molecular weight is 543 g/mol. The number of halogens is 3. The number of nitrogens with one attached hydrogen (secondary N) is 2. The zero-order valence-corrected chi connectivity index (χ0v) is 22.3. The number of nitrogens with zero attached hydrogens (tertiary/aromatic N) is 3. The molecule has 0 spiro atoms. The first-order valence-corrected chi connectivity index (χ1v) is 12.5. The van der Waals surface area contributed by atoms with Crippen LogP contribution in [0.2, 0.25) is 5.02 Å². The summed E-state index contributed by atoms with van der Waals surface area (Å²) < 4.78 is 1.05. The summed E-state index contributed by atoms with van der Waals surface area (Å²) in [4.78, 5) is 25.1. The Balaban J connectivity index is 0.00000162. The largest absolute Gasteiger partial charge is 0.354 e. The lowest BCUT2D eigenvalue weighted by Gasteiger charge is -2.28. The van der Waals surface area contributed by atoms with E-state index in [0.717, 1.165) is 46.7 Å². The van der Waals surface area contributed by atoms with E-state index in [9.17, 15) is 4.79 Å². The Morgan fingerprint density at radius 3 is 2.71 bits per heavy atom. The Hall–Kier alpha value is -1.64. The highest BCUT2D eigenvalue weighted by molar-refractivity contribution is 7.22. The first kappa shape index (κ1) is 27.0. The lowest BCUT2D eigenvalue weighted by Crippen LogP contribution is -2.30. The fourth-order valence-corrected chi connectivity index (χ4v) is 5.57. The molecule has 1 amide bonds. The quantitative estimate of drug-likeness (QED) is 0.389. The van der Waals surface area contributed by atoms with Crippen LogP contribution in [0.1, 0.15) is 42.5 Å².